The molecule has 0 saturated heterocycles. The molecule has 0 fully saturated rings. The summed E-state index contributed by atoms with van der Waals surface area (Å²) in [5.74, 6) is 5.36. The minimum Gasteiger partial charge on any atom is -0.537 e. The summed E-state index contributed by atoms with van der Waals surface area (Å²) in [6.45, 7) is 0. The third-order valence-corrected chi connectivity index (χ3v) is 1.48. The zero-order valence-electron chi connectivity index (χ0n) is 7.94. The van der Waals surface area contributed by atoms with E-state index in [-0.39, 0.29) is 0 Å². The summed E-state index contributed by atoms with van der Waals surface area (Å²) in [4.78, 5) is 20.1. The standard InChI is InChI=1S/C12H6O4/c13-11(14)6-4-9-2-1-3-10(8-9)5-7-12(15)16/h1-3,8H,(H,13,14)(H,15,16)/p-2. The van der Waals surface area contributed by atoms with E-state index in [0.29, 0.717) is 11.1 Å². The first-order chi connectivity index (χ1) is 7.58. The highest BCUT2D eigenvalue weighted by atomic mass is 16.4. The van der Waals surface area contributed by atoms with Crippen molar-refractivity contribution in [1.29, 1.82) is 0 Å². The van der Waals surface area contributed by atoms with Gasteiger partial charge in [0.15, 0.2) is 0 Å². The number of aliphatic carboxylic acids is 2. The molecule has 0 radical (unpaired) electrons. The Bertz CT molecular complexity index is 502. The molecule has 0 bridgehead atoms. The number of hydrogen-bond acceptors (Lipinski definition) is 4. The fraction of sp³-hybridized carbons (Fsp3) is 0. The highest BCUT2D eigenvalue weighted by Gasteiger charge is 1.89. The van der Waals surface area contributed by atoms with E-state index in [9.17, 15) is 19.8 Å². The maximum Gasteiger partial charge on any atom is 0.116 e. The van der Waals surface area contributed by atoms with Crippen LogP contribution in [0.1, 0.15) is 11.1 Å². The van der Waals surface area contributed by atoms with E-state index in [2.05, 4.69) is 11.8 Å². The fourth-order valence-corrected chi connectivity index (χ4v) is 0.921. The van der Waals surface area contributed by atoms with E-state index in [0.717, 1.165) is 0 Å². The van der Waals surface area contributed by atoms with Crippen LogP contribution < -0.4 is 10.2 Å². The predicted molar refractivity (Wildman–Crippen MR) is 50.2 cm³/mol. The Balaban J connectivity index is 2.98. The first-order valence-electron chi connectivity index (χ1n) is 4.14. The SMILES string of the molecule is O=C([O-])C#Cc1cccc(C#CC(=O)[O-])c1. The third kappa shape index (κ3) is 3.99. The van der Waals surface area contributed by atoms with Crippen LogP contribution in [0, 0.1) is 23.7 Å². The maximum atomic E-state index is 10.1. The van der Waals surface area contributed by atoms with Gasteiger partial charge in [-0.2, -0.15) is 0 Å². The van der Waals surface area contributed by atoms with Gasteiger partial charge in [-0.3, -0.25) is 0 Å². The molecule has 1 aromatic carbocycles. The van der Waals surface area contributed by atoms with E-state index >= 15 is 0 Å². The zero-order chi connectivity index (χ0) is 12.0. The lowest BCUT2D eigenvalue weighted by Gasteiger charge is -1.93. The number of carboxylic acid groups (broad SMARTS) is 2. The monoisotopic (exact) mass is 212 g/mol. The van der Waals surface area contributed by atoms with Crippen molar-refractivity contribution in [2.45, 2.75) is 0 Å². The molecule has 0 N–H and O–H groups in total. The highest BCUT2D eigenvalue weighted by molar-refractivity contribution is 5.86. The van der Waals surface area contributed by atoms with Crippen LogP contribution in [0.4, 0.5) is 0 Å². The summed E-state index contributed by atoms with van der Waals surface area (Å²) in [5, 5.41) is 20.1. The molecule has 0 aliphatic rings. The number of carbonyl (C=O) groups is 2. The van der Waals surface area contributed by atoms with Gasteiger partial charge in [-0.25, -0.2) is 0 Å². The van der Waals surface area contributed by atoms with Crippen molar-refractivity contribution in [3.05, 3.63) is 35.4 Å². The Hall–Kier alpha value is -2.72. The average Bonchev–Trinajstić information content (AvgIpc) is 2.24. The molecule has 0 unspecified atom stereocenters. The molecule has 1 aromatic rings. The number of hydrogen-bond donors (Lipinski definition) is 0. The first-order valence-corrected chi connectivity index (χ1v) is 4.14. The lowest BCUT2D eigenvalue weighted by Crippen LogP contribution is -2.19. The van der Waals surface area contributed by atoms with E-state index in [1.165, 1.54) is 6.07 Å². The van der Waals surface area contributed by atoms with Gasteiger partial charge in [0.1, 0.15) is 11.9 Å². The first kappa shape index (κ1) is 11.4. The molecule has 0 saturated carbocycles. The van der Waals surface area contributed by atoms with Crippen molar-refractivity contribution >= 4 is 11.9 Å². The summed E-state index contributed by atoms with van der Waals surface area (Å²) in [7, 11) is 0. The molecule has 78 valence electrons. The third-order valence-electron chi connectivity index (χ3n) is 1.48. The van der Waals surface area contributed by atoms with E-state index in [1.54, 1.807) is 18.2 Å². The van der Waals surface area contributed by atoms with E-state index in [1.807, 2.05) is 11.8 Å². The van der Waals surface area contributed by atoms with Crippen molar-refractivity contribution in [3.8, 4) is 23.7 Å². The molecule has 4 nitrogen and oxygen atoms in total. The van der Waals surface area contributed by atoms with Crippen LogP contribution in [0.5, 0.6) is 0 Å². The van der Waals surface area contributed by atoms with E-state index in [4.69, 9.17) is 0 Å². The van der Waals surface area contributed by atoms with Crippen molar-refractivity contribution in [3.63, 3.8) is 0 Å². The van der Waals surface area contributed by atoms with Gasteiger partial charge in [-0.15, -0.1) is 0 Å². The largest absolute Gasteiger partial charge is 0.537 e. The van der Waals surface area contributed by atoms with Gasteiger partial charge in [0.25, 0.3) is 0 Å². The molecule has 4 heteroatoms. The zero-order valence-corrected chi connectivity index (χ0v) is 7.94. The molecular formula is C12H4O4-2. The summed E-state index contributed by atoms with van der Waals surface area (Å²) in [5.41, 5.74) is 0.823. The van der Waals surface area contributed by atoms with Crippen LogP contribution in [0.2, 0.25) is 0 Å². The van der Waals surface area contributed by atoms with E-state index < -0.39 is 11.9 Å². The highest BCUT2D eigenvalue weighted by Crippen LogP contribution is 2.02. The van der Waals surface area contributed by atoms with Crippen LogP contribution in [0.3, 0.4) is 0 Å². The van der Waals surface area contributed by atoms with Gasteiger partial charge in [0.05, 0.1) is 0 Å². The van der Waals surface area contributed by atoms with Gasteiger partial charge in [-0.1, -0.05) is 17.9 Å². The Morgan fingerprint density at radius 3 is 1.75 bits per heavy atom. The predicted octanol–water partition coefficient (Wildman–Crippen LogP) is -2.11. The number of carboxylic acids is 2. The second-order valence-electron chi connectivity index (χ2n) is 2.66. The molecular weight excluding hydrogens is 208 g/mol. The van der Waals surface area contributed by atoms with Crippen LogP contribution in [0.15, 0.2) is 24.3 Å². The van der Waals surface area contributed by atoms with Crippen molar-refractivity contribution in [2.75, 3.05) is 0 Å². The maximum absolute atomic E-state index is 10.1. The van der Waals surface area contributed by atoms with Crippen LogP contribution in [0.25, 0.3) is 0 Å². The summed E-state index contributed by atoms with van der Waals surface area (Å²) < 4.78 is 0. The lowest BCUT2D eigenvalue weighted by atomic mass is 10.1. The second-order valence-corrected chi connectivity index (χ2v) is 2.66. The van der Waals surface area contributed by atoms with Gasteiger partial charge >= 0.3 is 0 Å². The lowest BCUT2D eigenvalue weighted by molar-refractivity contribution is -0.297. The second kappa shape index (κ2) is 5.23. The van der Waals surface area contributed by atoms with Gasteiger partial charge in [0.2, 0.25) is 0 Å². The molecule has 0 aromatic heterocycles. The minimum atomic E-state index is -1.48. The molecule has 1 rings (SSSR count). The molecule has 16 heavy (non-hydrogen) atoms. The topological polar surface area (TPSA) is 80.3 Å². The Morgan fingerprint density at radius 1 is 0.938 bits per heavy atom. The molecule has 0 atom stereocenters. The summed E-state index contributed by atoms with van der Waals surface area (Å²) in [6.07, 6.45) is 0. The minimum absolute atomic E-state index is 0.411. The van der Waals surface area contributed by atoms with Crippen molar-refractivity contribution < 1.29 is 19.8 Å². The van der Waals surface area contributed by atoms with Crippen LogP contribution >= 0.6 is 0 Å². The fourth-order valence-electron chi connectivity index (χ4n) is 0.921. The smallest absolute Gasteiger partial charge is 0.116 e. The summed E-state index contributed by atoms with van der Waals surface area (Å²) >= 11 is 0. The molecule has 0 aliphatic heterocycles. The van der Waals surface area contributed by atoms with Crippen LogP contribution in [-0.4, -0.2) is 11.9 Å². The average molecular weight is 212 g/mol. The Morgan fingerprint density at radius 2 is 1.38 bits per heavy atom. The van der Waals surface area contributed by atoms with Gasteiger partial charge in [0, 0.05) is 11.1 Å². The van der Waals surface area contributed by atoms with Crippen LogP contribution in [-0.2, 0) is 9.59 Å². The molecule has 0 aliphatic carbocycles. The number of carbonyl (C=O) groups excluding carboxylic acids is 2. The van der Waals surface area contributed by atoms with Crippen molar-refractivity contribution in [2.24, 2.45) is 0 Å². The van der Waals surface area contributed by atoms with Gasteiger partial charge < -0.3 is 19.8 Å². The van der Waals surface area contributed by atoms with Gasteiger partial charge in [-0.05, 0) is 30.0 Å². The quantitative estimate of drug-likeness (QED) is 0.461. The van der Waals surface area contributed by atoms with Crippen molar-refractivity contribution in [1.82, 2.24) is 0 Å². The number of rotatable bonds is 0. The number of benzene rings is 1. The summed E-state index contributed by atoms with van der Waals surface area (Å²) in [6, 6.07) is 6.19. The molecule has 0 heterocycles. The molecule has 0 amide bonds. The normalized spacial score (nSPS) is 8.00. The molecule has 0 spiro atoms. The Labute approximate surface area is 91.5 Å². The Kier molecular flexibility index (Phi) is 3.71.